The van der Waals surface area contributed by atoms with Crippen LogP contribution in [0.25, 0.3) is 0 Å². The van der Waals surface area contributed by atoms with Gasteiger partial charge in [-0.15, -0.1) is 0 Å². The van der Waals surface area contributed by atoms with Gasteiger partial charge in [0.05, 0.1) is 18.2 Å². The highest BCUT2D eigenvalue weighted by Gasteiger charge is 2.31. The van der Waals surface area contributed by atoms with Crippen molar-refractivity contribution in [3.8, 4) is 0 Å². The Kier molecular flexibility index (Phi) is 2.80. The van der Waals surface area contributed by atoms with Gasteiger partial charge in [-0.1, -0.05) is 12.1 Å². The number of amides is 1. The monoisotopic (exact) mass is 269 g/mol. The van der Waals surface area contributed by atoms with Gasteiger partial charge in [-0.3, -0.25) is 4.79 Å². The number of rotatable bonds is 2. The van der Waals surface area contributed by atoms with Crippen molar-refractivity contribution in [2.24, 2.45) is 0 Å². The van der Waals surface area contributed by atoms with E-state index in [1.807, 2.05) is 25.1 Å². The normalized spacial score (nSPS) is 16.7. The van der Waals surface area contributed by atoms with E-state index < -0.39 is 0 Å². The number of halogens is 1. The number of aliphatic hydroxyl groups excluding tert-OH is 1. The van der Waals surface area contributed by atoms with Crippen molar-refractivity contribution in [1.82, 2.24) is 4.90 Å². The third-order valence-corrected chi connectivity index (χ3v) is 3.37. The maximum Gasteiger partial charge on any atom is 0.255 e. The van der Waals surface area contributed by atoms with Crippen molar-refractivity contribution in [2.75, 3.05) is 6.61 Å². The van der Waals surface area contributed by atoms with E-state index >= 15 is 0 Å². The Balaban J connectivity index is 2.38. The zero-order valence-electron chi connectivity index (χ0n) is 8.40. The summed E-state index contributed by atoms with van der Waals surface area (Å²) in [5.74, 6) is -0.000903. The average molecular weight is 270 g/mol. The summed E-state index contributed by atoms with van der Waals surface area (Å²) >= 11 is 3.38. The van der Waals surface area contributed by atoms with Crippen LogP contribution in [0.5, 0.6) is 0 Å². The summed E-state index contributed by atoms with van der Waals surface area (Å²) in [5.41, 5.74) is 1.76. The molecule has 1 aliphatic rings. The summed E-state index contributed by atoms with van der Waals surface area (Å²) in [5, 5.41) is 9.06. The van der Waals surface area contributed by atoms with Crippen LogP contribution < -0.4 is 0 Å². The van der Waals surface area contributed by atoms with Crippen LogP contribution in [0.1, 0.15) is 22.8 Å². The molecule has 0 saturated heterocycles. The van der Waals surface area contributed by atoms with Gasteiger partial charge in [0.25, 0.3) is 5.91 Å². The summed E-state index contributed by atoms with van der Waals surface area (Å²) < 4.78 is 0.831. The number of benzene rings is 1. The van der Waals surface area contributed by atoms with Crippen molar-refractivity contribution in [1.29, 1.82) is 0 Å². The van der Waals surface area contributed by atoms with E-state index in [1.165, 1.54) is 0 Å². The Morgan fingerprint density at radius 3 is 2.93 bits per heavy atom. The molecule has 0 bridgehead atoms. The van der Waals surface area contributed by atoms with Crippen LogP contribution in [0.4, 0.5) is 0 Å². The predicted molar refractivity (Wildman–Crippen MR) is 60.6 cm³/mol. The molecule has 0 radical (unpaired) electrons. The van der Waals surface area contributed by atoms with Gasteiger partial charge in [0, 0.05) is 11.0 Å². The first kappa shape index (κ1) is 10.6. The molecule has 1 amide bonds. The topological polar surface area (TPSA) is 40.5 Å². The fourth-order valence-corrected chi connectivity index (χ4v) is 2.37. The molecule has 1 atom stereocenters. The molecule has 1 N–H and O–H groups in total. The summed E-state index contributed by atoms with van der Waals surface area (Å²) in [4.78, 5) is 13.7. The minimum Gasteiger partial charge on any atom is -0.394 e. The maximum absolute atomic E-state index is 12.0. The summed E-state index contributed by atoms with van der Waals surface area (Å²) in [6, 6.07) is 5.60. The molecule has 1 heterocycles. The lowest BCUT2D eigenvalue weighted by Crippen LogP contribution is -2.35. The van der Waals surface area contributed by atoms with Gasteiger partial charge in [-0.05, 0) is 34.5 Å². The molecule has 0 saturated carbocycles. The second kappa shape index (κ2) is 3.94. The molecule has 1 aromatic rings. The quantitative estimate of drug-likeness (QED) is 0.890. The molecule has 3 nitrogen and oxygen atoms in total. The van der Waals surface area contributed by atoms with Gasteiger partial charge in [0.15, 0.2) is 0 Å². The van der Waals surface area contributed by atoms with Crippen molar-refractivity contribution < 1.29 is 9.90 Å². The number of carbonyl (C=O) groups excluding carboxylic acids is 1. The number of hydrogen-bond acceptors (Lipinski definition) is 2. The van der Waals surface area contributed by atoms with Crippen molar-refractivity contribution in [3.05, 3.63) is 33.8 Å². The fourth-order valence-electron chi connectivity index (χ4n) is 1.79. The lowest BCUT2D eigenvalue weighted by atomic mass is 10.1. The molecule has 1 aromatic carbocycles. The highest BCUT2D eigenvalue weighted by molar-refractivity contribution is 9.10. The Bertz CT molecular complexity index is 406. The van der Waals surface area contributed by atoms with Crippen molar-refractivity contribution in [3.63, 3.8) is 0 Å². The standard InChI is InChI=1S/C11H12BrNO2/c1-7(6-14)13-5-8-3-2-4-9(12)10(8)11(13)15/h2-4,7,14H,5-6H2,1H3. The Labute approximate surface area is 96.8 Å². The summed E-state index contributed by atoms with van der Waals surface area (Å²) in [6.45, 7) is 2.43. The third kappa shape index (κ3) is 1.68. The first-order valence-corrected chi connectivity index (χ1v) is 5.63. The second-order valence-corrected chi connectivity index (χ2v) is 4.59. The van der Waals surface area contributed by atoms with E-state index in [9.17, 15) is 4.79 Å². The minimum absolute atomic E-state index is 0.000903. The van der Waals surface area contributed by atoms with Gasteiger partial charge in [0.2, 0.25) is 0 Å². The van der Waals surface area contributed by atoms with Gasteiger partial charge in [0.1, 0.15) is 0 Å². The molecule has 80 valence electrons. The van der Waals surface area contributed by atoms with Crippen LogP contribution in [0.2, 0.25) is 0 Å². The lowest BCUT2D eigenvalue weighted by molar-refractivity contribution is 0.0643. The summed E-state index contributed by atoms with van der Waals surface area (Å²) in [6.07, 6.45) is 0. The highest BCUT2D eigenvalue weighted by Crippen LogP contribution is 2.30. The van der Waals surface area contributed by atoms with Gasteiger partial charge >= 0.3 is 0 Å². The highest BCUT2D eigenvalue weighted by atomic mass is 79.9. The van der Waals surface area contributed by atoms with Crippen LogP contribution in [-0.4, -0.2) is 28.6 Å². The van der Waals surface area contributed by atoms with Gasteiger partial charge in [-0.25, -0.2) is 0 Å². The molecular formula is C11H12BrNO2. The minimum atomic E-state index is -0.128. The number of carbonyl (C=O) groups is 1. The predicted octanol–water partition coefficient (Wildman–Crippen LogP) is 1.79. The van der Waals surface area contributed by atoms with E-state index in [2.05, 4.69) is 15.9 Å². The Morgan fingerprint density at radius 1 is 1.60 bits per heavy atom. The zero-order valence-corrected chi connectivity index (χ0v) is 9.99. The second-order valence-electron chi connectivity index (χ2n) is 3.74. The van der Waals surface area contributed by atoms with E-state index in [4.69, 9.17) is 5.11 Å². The van der Waals surface area contributed by atoms with Crippen LogP contribution in [0, 0.1) is 0 Å². The van der Waals surface area contributed by atoms with Crippen molar-refractivity contribution in [2.45, 2.75) is 19.5 Å². The third-order valence-electron chi connectivity index (χ3n) is 2.71. The van der Waals surface area contributed by atoms with Gasteiger partial charge < -0.3 is 10.0 Å². The molecule has 4 heteroatoms. The largest absolute Gasteiger partial charge is 0.394 e. The fraction of sp³-hybridized carbons (Fsp3) is 0.364. The van der Waals surface area contributed by atoms with E-state index in [-0.39, 0.29) is 18.6 Å². The Hall–Kier alpha value is -0.870. The van der Waals surface area contributed by atoms with Crippen LogP contribution in [-0.2, 0) is 6.54 Å². The number of nitrogens with zero attached hydrogens (tertiary/aromatic N) is 1. The summed E-state index contributed by atoms with van der Waals surface area (Å²) in [7, 11) is 0. The maximum atomic E-state index is 12.0. The number of fused-ring (bicyclic) bond motifs is 1. The van der Waals surface area contributed by atoms with Crippen LogP contribution in [0.15, 0.2) is 22.7 Å². The molecule has 15 heavy (non-hydrogen) atoms. The first-order valence-electron chi connectivity index (χ1n) is 4.84. The average Bonchev–Trinajstić information content (AvgIpc) is 2.56. The molecule has 1 unspecified atom stereocenters. The Morgan fingerprint density at radius 2 is 2.33 bits per heavy atom. The lowest BCUT2D eigenvalue weighted by Gasteiger charge is -2.21. The molecule has 0 aromatic heterocycles. The smallest absolute Gasteiger partial charge is 0.255 e. The number of aliphatic hydroxyl groups is 1. The first-order chi connectivity index (χ1) is 7.15. The molecule has 0 aliphatic carbocycles. The molecular weight excluding hydrogens is 258 g/mol. The molecule has 2 rings (SSSR count). The van der Waals surface area contributed by atoms with Crippen LogP contribution in [0.3, 0.4) is 0 Å². The molecule has 0 spiro atoms. The molecule has 0 fully saturated rings. The van der Waals surface area contributed by atoms with Gasteiger partial charge in [-0.2, -0.15) is 0 Å². The number of hydrogen-bond donors (Lipinski definition) is 1. The molecule has 1 aliphatic heterocycles. The van der Waals surface area contributed by atoms with E-state index in [0.717, 1.165) is 15.6 Å². The zero-order chi connectivity index (χ0) is 11.0. The van der Waals surface area contributed by atoms with E-state index in [1.54, 1.807) is 4.90 Å². The van der Waals surface area contributed by atoms with Crippen molar-refractivity contribution >= 4 is 21.8 Å². The van der Waals surface area contributed by atoms with E-state index in [0.29, 0.717) is 6.54 Å². The SMILES string of the molecule is CC(CO)N1Cc2cccc(Br)c2C1=O. The van der Waals surface area contributed by atoms with Crippen LogP contribution >= 0.6 is 15.9 Å².